The first-order chi connectivity index (χ1) is 11.5. The Morgan fingerprint density at radius 2 is 1.60 bits per heavy atom. The van der Waals surface area contributed by atoms with E-state index < -0.39 is 41.7 Å². The molecule has 10 heteroatoms. The summed E-state index contributed by atoms with van der Waals surface area (Å²) < 4.78 is 37.2. The summed E-state index contributed by atoms with van der Waals surface area (Å²) in [5, 5.41) is 22.2. The van der Waals surface area contributed by atoms with Gasteiger partial charge in [0.2, 0.25) is 11.8 Å². The number of aliphatic carboxylic acids is 1. The molecule has 0 heterocycles. The summed E-state index contributed by atoms with van der Waals surface area (Å²) in [4.78, 5) is 33.9. The van der Waals surface area contributed by atoms with Gasteiger partial charge in [0.15, 0.2) is 6.04 Å². The van der Waals surface area contributed by atoms with Crippen LogP contribution in [-0.4, -0.2) is 40.1 Å². The molecule has 4 N–H and O–H groups in total. The highest BCUT2D eigenvalue weighted by Gasteiger charge is 2.30. The van der Waals surface area contributed by atoms with Crippen molar-refractivity contribution in [2.75, 3.05) is 5.32 Å². The molecule has 0 bridgehead atoms. The fourth-order valence-electron chi connectivity index (χ4n) is 1.67. The molecule has 0 aliphatic carbocycles. The molecule has 2 amide bonds. The van der Waals surface area contributed by atoms with Gasteiger partial charge in [-0.25, -0.2) is 4.79 Å². The number of carboxylic acids is 1. The first-order valence-electron chi connectivity index (χ1n) is 6.88. The third-order valence-corrected chi connectivity index (χ3v) is 2.91. The number of halogens is 3. The molecule has 1 aromatic rings. The van der Waals surface area contributed by atoms with E-state index in [0.717, 1.165) is 36.4 Å². The lowest BCUT2D eigenvalue weighted by atomic mass is 10.2. The molecule has 2 atom stereocenters. The van der Waals surface area contributed by atoms with Crippen molar-refractivity contribution in [2.24, 2.45) is 0 Å². The van der Waals surface area contributed by atoms with Gasteiger partial charge in [-0.15, -0.1) is 0 Å². The van der Waals surface area contributed by atoms with Crippen LogP contribution in [-0.2, 0) is 20.6 Å². The van der Waals surface area contributed by atoms with Crippen molar-refractivity contribution >= 4 is 23.5 Å². The van der Waals surface area contributed by atoms with Crippen LogP contribution in [0.15, 0.2) is 36.4 Å². The molecule has 7 nitrogen and oxygen atoms in total. The number of aliphatic hydroxyl groups is 1. The summed E-state index contributed by atoms with van der Waals surface area (Å²) in [5.74, 6) is -3.19. The zero-order chi connectivity index (χ0) is 19.2. The van der Waals surface area contributed by atoms with Crippen LogP contribution in [0.25, 0.3) is 0 Å². The van der Waals surface area contributed by atoms with Crippen molar-refractivity contribution < 1.29 is 37.8 Å². The summed E-state index contributed by atoms with van der Waals surface area (Å²) in [6, 6.07) is 2.11. The van der Waals surface area contributed by atoms with Crippen molar-refractivity contribution in [3.63, 3.8) is 0 Å². The molecule has 25 heavy (non-hydrogen) atoms. The van der Waals surface area contributed by atoms with Gasteiger partial charge in [0, 0.05) is 17.8 Å². The molecule has 0 radical (unpaired) electrons. The number of anilines is 1. The third-order valence-electron chi connectivity index (χ3n) is 2.91. The molecular weight excluding hydrogens is 345 g/mol. The maximum Gasteiger partial charge on any atom is 0.416 e. The first kappa shape index (κ1) is 20.2. The average Bonchev–Trinajstić information content (AvgIpc) is 2.49. The van der Waals surface area contributed by atoms with E-state index in [1.165, 1.54) is 6.92 Å². The summed E-state index contributed by atoms with van der Waals surface area (Å²) in [6.45, 7) is 1.17. The van der Waals surface area contributed by atoms with Gasteiger partial charge in [0.25, 0.3) is 0 Å². The number of alkyl halides is 3. The number of amides is 2. The Hall–Kier alpha value is -2.88. The Morgan fingerprint density at radius 3 is 2.04 bits per heavy atom. The van der Waals surface area contributed by atoms with Crippen molar-refractivity contribution in [2.45, 2.75) is 25.2 Å². The van der Waals surface area contributed by atoms with Crippen molar-refractivity contribution in [1.82, 2.24) is 5.32 Å². The molecule has 0 aliphatic heterocycles. The highest BCUT2D eigenvalue weighted by molar-refractivity contribution is 6.03. The van der Waals surface area contributed by atoms with Crippen LogP contribution in [0.5, 0.6) is 0 Å². The fourth-order valence-corrected chi connectivity index (χ4v) is 1.67. The van der Waals surface area contributed by atoms with Crippen LogP contribution in [0.3, 0.4) is 0 Å². The molecule has 0 aromatic heterocycles. The van der Waals surface area contributed by atoms with Crippen molar-refractivity contribution in [3.05, 3.63) is 42.0 Å². The number of hydrogen-bond acceptors (Lipinski definition) is 4. The molecule has 0 fully saturated rings. The van der Waals surface area contributed by atoms with E-state index in [0.29, 0.717) is 0 Å². The van der Waals surface area contributed by atoms with Crippen LogP contribution >= 0.6 is 0 Å². The fraction of sp³-hybridized carbons (Fsp3) is 0.267. The topological polar surface area (TPSA) is 116 Å². The number of carbonyl (C=O) groups is 3. The zero-order valence-corrected chi connectivity index (χ0v) is 12.9. The Morgan fingerprint density at radius 1 is 1.08 bits per heavy atom. The Labute approximate surface area is 140 Å². The minimum absolute atomic E-state index is 0.0791. The third kappa shape index (κ3) is 6.63. The maximum absolute atomic E-state index is 12.4. The van der Waals surface area contributed by atoms with Crippen LogP contribution in [0.2, 0.25) is 0 Å². The molecule has 0 unspecified atom stereocenters. The molecular formula is C15H15F3N2O5. The average molecular weight is 360 g/mol. The summed E-state index contributed by atoms with van der Waals surface area (Å²) in [6.07, 6.45) is -4.34. The van der Waals surface area contributed by atoms with Gasteiger partial charge >= 0.3 is 12.1 Å². The number of carboxylic acid groups (broad SMARTS) is 1. The number of nitrogens with one attached hydrogen (secondary N) is 2. The van der Waals surface area contributed by atoms with Crippen LogP contribution in [0.1, 0.15) is 12.5 Å². The molecule has 0 saturated heterocycles. The Balaban J connectivity index is 2.62. The van der Waals surface area contributed by atoms with Crippen LogP contribution < -0.4 is 10.6 Å². The van der Waals surface area contributed by atoms with E-state index in [-0.39, 0.29) is 5.69 Å². The first-order valence-corrected chi connectivity index (χ1v) is 6.88. The molecule has 0 spiro atoms. The van der Waals surface area contributed by atoms with Gasteiger partial charge in [-0.3, -0.25) is 9.59 Å². The summed E-state index contributed by atoms with van der Waals surface area (Å²) in [5.41, 5.74) is -0.797. The quantitative estimate of drug-likeness (QED) is 0.568. The molecule has 0 aliphatic rings. The van der Waals surface area contributed by atoms with Gasteiger partial charge in [-0.05, 0) is 31.2 Å². The second-order valence-corrected chi connectivity index (χ2v) is 4.96. The molecule has 1 aromatic carbocycles. The van der Waals surface area contributed by atoms with Crippen LogP contribution in [0, 0.1) is 0 Å². The SMILES string of the molecule is C[C@H](O)[C@@H](NC(=O)/C=C/C(=O)Nc1ccc(C(F)(F)F)cc1)C(=O)O. The zero-order valence-electron chi connectivity index (χ0n) is 12.9. The Bertz CT molecular complexity index is 669. The number of rotatable bonds is 6. The predicted octanol–water partition coefficient (Wildman–Crippen LogP) is 1.15. The summed E-state index contributed by atoms with van der Waals surface area (Å²) >= 11 is 0. The van der Waals surface area contributed by atoms with E-state index in [2.05, 4.69) is 5.32 Å². The normalized spacial score (nSPS) is 14.0. The van der Waals surface area contributed by atoms with Gasteiger partial charge in [-0.1, -0.05) is 0 Å². The number of aliphatic hydroxyl groups excluding tert-OH is 1. The van der Waals surface area contributed by atoms with Crippen LogP contribution in [0.4, 0.5) is 18.9 Å². The lowest BCUT2D eigenvalue weighted by molar-refractivity contribution is -0.144. The summed E-state index contributed by atoms with van der Waals surface area (Å²) in [7, 11) is 0. The molecule has 136 valence electrons. The number of benzene rings is 1. The standard InChI is InChI=1S/C15H15F3N2O5/c1-8(21)13(14(24)25)20-12(23)7-6-11(22)19-10-4-2-9(3-5-10)15(16,17)18/h2-8,13,21H,1H3,(H,19,22)(H,20,23)(H,24,25)/b7-6+/t8-,13+/m0/s1. The van der Waals surface area contributed by atoms with Gasteiger partial charge in [-0.2, -0.15) is 13.2 Å². The highest BCUT2D eigenvalue weighted by Crippen LogP contribution is 2.29. The second kappa shape index (κ2) is 8.29. The number of hydrogen-bond donors (Lipinski definition) is 4. The molecule has 1 rings (SSSR count). The highest BCUT2D eigenvalue weighted by atomic mass is 19.4. The maximum atomic E-state index is 12.4. The van der Waals surface area contributed by atoms with E-state index in [9.17, 15) is 32.7 Å². The van der Waals surface area contributed by atoms with Gasteiger partial charge < -0.3 is 20.8 Å². The second-order valence-electron chi connectivity index (χ2n) is 4.96. The van der Waals surface area contributed by atoms with Crippen molar-refractivity contribution in [3.8, 4) is 0 Å². The monoisotopic (exact) mass is 360 g/mol. The van der Waals surface area contributed by atoms with E-state index in [1.807, 2.05) is 5.32 Å². The van der Waals surface area contributed by atoms with E-state index in [1.54, 1.807) is 0 Å². The van der Waals surface area contributed by atoms with E-state index in [4.69, 9.17) is 5.11 Å². The number of carbonyl (C=O) groups excluding carboxylic acids is 2. The smallest absolute Gasteiger partial charge is 0.416 e. The van der Waals surface area contributed by atoms with E-state index >= 15 is 0 Å². The minimum Gasteiger partial charge on any atom is -0.480 e. The Kier molecular flexibility index (Phi) is 6.68. The minimum atomic E-state index is -4.49. The van der Waals surface area contributed by atoms with Gasteiger partial charge in [0.05, 0.1) is 11.7 Å². The lowest BCUT2D eigenvalue weighted by Gasteiger charge is -2.15. The van der Waals surface area contributed by atoms with Crippen molar-refractivity contribution in [1.29, 1.82) is 0 Å². The predicted molar refractivity (Wildman–Crippen MR) is 80.5 cm³/mol. The largest absolute Gasteiger partial charge is 0.480 e. The lowest BCUT2D eigenvalue weighted by Crippen LogP contribution is -2.47. The van der Waals surface area contributed by atoms with Gasteiger partial charge in [0.1, 0.15) is 0 Å². The molecule has 0 saturated carbocycles.